The van der Waals surface area contributed by atoms with Gasteiger partial charge in [0.25, 0.3) is 5.56 Å². The molecule has 5 nitrogen and oxygen atoms in total. The van der Waals surface area contributed by atoms with Crippen LogP contribution in [-0.2, 0) is 13.5 Å². The molecule has 0 bridgehead atoms. The van der Waals surface area contributed by atoms with Gasteiger partial charge in [0.15, 0.2) is 5.52 Å². The van der Waals surface area contributed by atoms with E-state index in [4.69, 9.17) is 0 Å². The minimum Gasteiger partial charge on any atom is -0.294 e. The summed E-state index contributed by atoms with van der Waals surface area (Å²) < 4.78 is 3.28. The lowest BCUT2D eigenvalue weighted by Crippen LogP contribution is -2.25. The van der Waals surface area contributed by atoms with E-state index in [0.717, 1.165) is 6.42 Å². The standard InChI is InChI=1S/C13H14N4OS/c1-9(5-10-3-4-19-7-10)17-8-14-11-6-16(2)15-12(11)13(17)18/h3-4,6-9H,5H2,1-2H3. The van der Waals surface area contributed by atoms with Crippen LogP contribution < -0.4 is 5.56 Å². The molecule has 1 unspecified atom stereocenters. The predicted molar refractivity (Wildman–Crippen MR) is 75.5 cm³/mol. The Morgan fingerprint density at radius 3 is 3.05 bits per heavy atom. The van der Waals surface area contributed by atoms with Gasteiger partial charge in [-0.3, -0.25) is 14.0 Å². The molecule has 3 aromatic rings. The highest BCUT2D eigenvalue weighted by Gasteiger charge is 2.13. The average Bonchev–Trinajstić information content (AvgIpc) is 2.98. The Labute approximate surface area is 114 Å². The van der Waals surface area contributed by atoms with Crippen LogP contribution in [0.5, 0.6) is 0 Å². The summed E-state index contributed by atoms with van der Waals surface area (Å²) in [6.45, 7) is 2.02. The molecule has 3 heterocycles. The molecule has 0 aliphatic carbocycles. The molecule has 0 N–H and O–H groups in total. The molecule has 3 rings (SSSR count). The summed E-state index contributed by atoms with van der Waals surface area (Å²) in [5.74, 6) is 0. The van der Waals surface area contributed by atoms with Crippen molar-refractivity contribution in [2.75, 3.05) is 0 Å². The first-order valence-corrected chi connectivity index (χ1v) is 7.01. The van der Waals surface area contributed by atoms with Crippen molar-refractivity contribution in [2.24, 2.45) is 7.05 Å². The van der Waals surface area contributed by atoms with Crippen LogP contribution >= 0.6 is 11.3 Å². The summed E-state index contributed by atoms with van der Waals surface area (Å²) in [5.41, 5.74) is 2.24. The molecule has 6 heteroatoms. The van der Waals surface area contributed by atoms with Gasteiger partial charge in [0.05, 0.1) is 12.5 Å². The highest BCUT2D eigenvalue weighted by atomic mass is 32.1. The molecule has 3 aromatic heterocycles. The Morgan fingerprint density at radius 1 is 1.47 bits per heavy atom. The number of aryl methyl sites for hydroxylation is 1. The third kappa shape index (κ3) is 2.19. The van der Waals surface area contributed by atoms with Gasteiger partial charge in [0.1, 0.15) is 5.52 Å². The molecule has 0 saturated carbocycles. The van der Waals surface area contributed by atoms with Gasteiger partial charge in [0.2, 0.25) is 0 Å². The van der Waals surface area contributed by atoms with Crippen molar-refractivity contribution in [2.45, 2.75) is 19.4 Å². The highest BCUT2D eigenvalue weighted by Crippen LogP contribution is 2.15. The van der Waals surface area contributed by atoms with E-state index < -0.39 is 0 Å². The Hall–Kier alpha value is -1.95. The first kappa shape index (κ1) is 12.1. The lowest BCUT2D eigenvalue weighted by molar-refractivity contribution is 0.523. The van der Waals surface area contributed by atoms with Crippen molar-refractivity contribution in [3.63, 3.8) is 0 Å². The normalized spacial score (nSPS) is 12.9. The molecule has 0 spiro atoms. The summed E-state index contributed by atoms with van der Waals surface area (Å²) in [6.07, 6.45) is 4.19. The monoisotopic (exact) mass is 274 g/mol. The second-order valence-electron chi connectivity index (χ2n) is 4.68. The first-order chi connectivity index (χ1) is 9.15. The molecule has 0 saturated heterocycles. The van der Waals surface area contributed by atoms with Crippen LogP contribution in [-0.4, -0.2) is 19.3 Å². The van der Waals surface area contributed by atoms with Gasteiger partial charge < -0.3 is 0 Å². The number of fused-ring (bicyclic) bond motifs is 1. The Bertz CT molecular complexity index is 757. The largest absolute Gasteiger partial charge is 0.294 e. The lowest BCUT2D eigenvalue weighted by Gasteiger charge is -2.13. The zero-order chi connectivity index (χ0) is 13.4. The van der Waals surface area contributed by atoms with Crippen molar-refractivity contribution in [1.82, 2.24) is 19.3 Å². The zero-order valence-electron chi connectivity index (χ0n) is 10.8. The molecule has 0 amide bonds. The van der Waals surface area contributed by atoms with E-state index in [1.807, 2.05) is 12.3 Å². The van der Waals surface area contributed by atoms with E-state index in [0.29, 0.717) is 11.0 Å². The van der Waals surface area contributed by atoms with E-state index in [1.54, 1.807) is 40.2 Å². The minimum absolute atomic E-state index is 0.0704. The third-order valence-corrected chi connectivity index (χ3v) is 3.89. The van der Waals surface area contributed by atoms with E-state index in [2.05, 4.69) is 21.5 Å². The number of hydrogen-bond acceptors (Lipinski definition) is 4. The van der Waals surface area contributed by atoms with E-state index >= 15 is 0 Å². The van der Waals surface area contributed by atoms with Crippen molar-refractivity contribution in [3.05, 3.63) is 45.3 Å². The summed E-state index contributed by atoms with van der Waals surface area (Å²) in [7, 11) is 1.79. The van der Waals surface area contributed by atoms with Crippen LogP contribution in [0.2, 0.25) is 0 Å². The Kier molecular flexibility index (Phi) is 2.94. The van der Waals surface area contributed by atoms with Gasteiger partial charge >= 0.3 is 0 Å². The van der Waals surface area contributed by atoms with Crippen molar-refractivity contribution in [1.29, 1.82) is 0 Å². The smallest absolute Gasteiger partial charge is 0.281 e. The molecule has 0 aliphatic heterocycles. The van der Waals surface area contributed by atoms with Gasteiger partial charge in [-0.15, -0.1) is 0 Å². The maximum absolute atomic E-state index is 12.4. The Morgan fingerprint density at radius 2 is 2.32 bits per heavy atom. The topological polar surface area (TPSA) is 52.7 Å². The lowest BCUT2D eigenvalue weighted by atomic mass is 10.1. The second kappa shape index (κ2) is 4.62. The fourth-order valence-electron chi connectivity index (χ4n) is 2.18. The van der Waals surface area contributed by atoms with Crippen LogP contribution in [0.4, 0.5) is 0 Å². The van der Waals surface area contributed by atoms with E-state index in [1.165, 1.54) is 5.56 Å². The maximum atomic E-state index is 12.4. The summed E-state index contributed by atoms with van der Waals surface area (Å²) in [4.78, 5) is 16.7. The van der Waals surface area contributed by atoms with Crippen LogP contribution in [0.25, 0.3) is 11.0 Å². The fourth-order valence-corrected chi connectivity index (χ4v) is 2.87. The van der Waals surface area contributed by atoms with Crippen LogP contribution in [0.1, 0.15) is 18.5 Å². The number of nitrogens with zero attached hydrogens (tertiary/aromatic N) is 4. The van der Waals surface area contributed by atoms with Gasteiger partial charge in [-0.25, -0.2) is 4.98 Å². The zero-order valence-corrected chi connectivity index (χ0v) is 11.6. The number of hydrogen-bond donors (Lipinski definition) is 0. The van der Waals surface area contributed by atoms with E-state index in [-0.39, 0.29) is 11.6 Å². The SMILES string of the molecule is CC(Cc1ccsc1)n1cnc2cn(C)nc2c1=O. The minimum atomic E-state index is -0.0756. The summed E-state index contributed by atoms with van der Waals surface area (Å²) in [5, 5.41) is 8.33. The Balaban J connectivity index is 2.00. The quantitative estimate of drug-likeness (QED) is 0.734. The van der Waals surface area contributed by atoms with Crippen molar-refractivity contribution in [3.8, 4) is 0 Å². The van der Waals surface area contributed by atoms with Gasteiger partial charge in [-0.2, -0.15) is 16.4 Å². The third-order valence-electron chi connectivity index (χ3n) is 3.15. The molecule has 0 fully saturated rings. The molecular formula is C13H14N4OS. The summed E-state index contributed by atoms with van der Waals surface area (Å²) >= 11 is 1.67. The molecule has 1 atom stereocenters. The molecular weight excluding hydrogens is 260 g/mol. The molecule has 0 radical (unpaired) electrons. The van der Waals surface area contributed by atoms with Gasteiger partial charge in [-0.1, -0.05) is 0 Å². The fraction of sp³-hybridized carbons (Fsp3) is 0.308. The average molecular weight is 274 g/mol. The molecule has 19 heavy (non-hydrogen) atoms. The maximum Gasteiger partial charge on any atom is 0.281 e. The van der Waals surface area contributed by atoms with Crippen molar-refractivity contribution < 1.29 is 0 Å². The second-order valence-corrected chi connectivity index (χ2v) is 5.46. The van der Waals surface area contributed by atoms with Gasteiger partial charge in [0, 0.05) is 13.1 Å². The predicted octanol–water partition coefficient (Wildman–Crippen LogP) is 2.00. The van der Waals surface area contributed by atoms with Gasteiger partial charge in [-0.05, 0) is 35.7 Å². The highest BCUT2D eigenvalue weighted by molar-refractivity contribution is 7.07. The molecule has 98 valence electrons. The number of rotatable bonds is 3. The number of aromatic nitrogens is 4. The first-order valence-electron chi connectivity index (χ1n) is 6.06. The van der Waals surface area contributed by atoms with Crippen LogP contribution in [0, 0.1) is 0 Å². The van der Waals surface area contributed by atoms with Crippen LogP contribution in [0.15, 0.2) is 34.1 Å². The molecule has 0 aromatic carbocycles. The van der Waals surface area contributed by atoms with E-state index in [9.17, 15) is 4.79 Å². The van der Waals surface area contributed by atoms with Crippen LogP contribution in [0.3, 0.4) is 0 Å². The molecule has 0 aliphatic rings. The summed E-state index contributed by atoms with van der Waals surface area (Å²) in [6, 6.07) is 2.15. The number of thiophene rings is 1. The van der Waals surface area contributed by atoms with Crippen molar-refractivity contribution >= 4 is 22.4 Å².